The van der Waals surface area contributed by atoms with Crippen molar-refractivity contribution in [2.75, 3.05) is 19.7 Å². The molecule has 0 aromatic heterocycles. The van der Waals surface area contributed by atoms with E-state index in [0.717, 1.165) is 58.0 Å². The van der Waals surface area contributed by atoms with Crippen molar-refractivity contribution in [2.24, 2.45) is 17.1 Å². The third-order valence-electron chi connectivity index (χ3n) is 6.75. The SMILES string of the molecule is CCOC1CC(O)C12CCN(C(=O)C1CCCCCCC1N)CC2. The van der Waals surface area contributed by atoms with E-state index in [0.29, 0.717) is 6.61 Å². The quantitative estimate of drug-likeness (QED) is 0.826. The molecule has 0 aromatic rings. The molecule has 2 aliphatic carbocycles. The molecule has 138 valence electrons. The summed E-state index contributed by atoms with van der Waals surface area (Å²) < 4.78 is 5.82. The molecule has 24 heavy (non-hydrogen) atoms. The van der Waals surface area contributed by atoms with Gasteiger partial charge in [-0.2, -0.15) is 0 Å². The number of nitrogens with zero attached hydrogens (tertiary/aromatic N) is 1. The second kappa shape index (κ2) is 7.71. The first-order valence-corrected chi connectivity index (χ1v) is 9.92. The van der Waals surface area contributed by atoms with Crippen molar-refractivity contribution < 1.29 is 14.6 Å². The first-order chi connectivity index (χ1) is 11.6. The number of hydrogen-bond acceptors (Lipinski definition) is 4. The number of aliphatic hydroxyl groups excluding tert-OH is 1. The van der Waals surface area contributed by atoms with Crippen molar-refractivity contribution in [3.8, 4) is 0 Å². The maximum atomic E-state index is 13.0. The number of nitrogens with two attached hydrogens (primary N) is 1. The van der Waals surface area contributed by atoms with Crippen LogP contribution >= 0.6 is 0 Å². The highest BCUT2D eigenvalue weighted by molar-refractivity contribution is 5.79. The second-order valence-electron chi connectivity index (χ2n) is 8.02. The van der Waals surface area contributed by atoms with Crippen LogP contribution in [0.15, 0.2) is 0 Å². The first kappa shape index (κ1) is 18.2. The lowest BCUT2D eigenvalue weighted by molar-refractivity contribution is -0.210. The van der Waals surface area contributed by atoms with E-state index in [1.165, 1.54) is 12.8 Å². The van der Waals surface area contributed by atoms with Crippen molar-refractivity contribution in [1.29, 1.82) is 0 Å². The highest BCUT2D eigenvalue weighted by Gasteiger charge is 2.56. The van der Waals surface area contributed by atoms with Gasteiger partial charge < -0.3 is 20.5 Å². The summed E-state index contributed by atoms with van der Waals surface area (Å²) in [5.74, 6) is 0.245. The number of rotatable bonds is 3. The Morgan fingerprint density at radius 1 is 1.21 bits per heavy atom. The molecule has 0 radical (unpaired) electrons. The highest BCUT2D eigenvalue weighted by atomic mass is 16.5. The summed E-state index contributed by atoms with van der Waals surface area (Å²) in [4.78, 5) is 15.0. The number of carbonyl (C=O) groups excluding carboxylic acids is 1. The van der Waals surface area contributed by atoms with Crippen LogP contribution in [0.1, 0.15) is 64.7 Å². The molecule has 1 amide bonds. The maximum absolute atomic E-state index is 13.0. The Labute approximate surface area is 145 Å². The lowest BCUT2D eigenvalue weighted by Crippen LogP contribution is -2.63. The minimum atomic E-state index is -0.269. The van der Waals surface area contributed by atoms with Gasteiger partial charge in [-0.15, -0.1) is 0 Å². The monoisotopic (exact) mass is 338 g/mol. The second-order valence-corrected chi connectivity index (χ2v) is 8.02. The minimum absolute atomic E-state index is 0.00615. The Kier molecular flexibility index (Phi) is 5.83. The zero-order valence-electron chi connectivity index (χ0n) is 15.1. The van der Waals surface area contributed by atoms with E-state index in [1.54, 1.807) is 0 Å². The summed E-state index contributed by atoms with van der Waals surface area (Å²) >= 11 is 0. The summed E-state index contributed by atoms with van der Waals surface area (Å²) in [6.45, 7) is 4.18. The van der Waals surface area contributed by atoms with Gasteiger partial charge in [0, 0.05) is 37.6 Å². The molecule has 4 atom stereocenters. The van der Waals surface area contributed by atoms with Crippen molar-refractivity contribution in [3.63, 3.8) is 0 Å². The molecule has 3 fully saturated rings. The number of amides is 1. The maximum Gasteiger partial charge on any atom is 0.227 e. The molecule has 5 nitrogen and oxygen atoms in total. The van der Waals surface area contributed by atoms with Gasteiger partial charge in [-0.25, -0.2) is 0 Å². The predicted molar refractivity (Wildman–Crippen MR) is 93.5 cm³/mol. The number of carbonyl (C=O) groups is 1. The molecule has 4 unspecified atom stereocenters. The fraction of sp³-hybridized carbons (Fsp3) is 0.947. The Bertz CT molecular complexity index is 432. The molecular weight excluding hydrogens is 304 g/mol. The summed E-state index contributed by atoms with van der Waals surface area (Å²) in [7, 11) is 0. The predicted octanol–water partition coefficient (Wildman–Crippen LogP) is 2.06. The lowest BCUT2D eigenvalue weighted by atomic mass is 9.58. The van der Waals surface area contributed by atoms with Gasteiger partial charge in [0.05, 0.1) is 18.1 Å². The molecule has 1 saturated heterocycles. The van der Waals surface area contributed by atoms with Crippen LogP contribution in [-0.4, -0.2) is 53.9 Å². The van der Waals surface area contributed by atoms with E-state index >= 15 is 0 Å². The van der Waals surface area contributed by atoms with Gasteiger partial charge in [0.15, 0.2) is 0 Å². The molecule has 5 heteroatoms. The molecule has 1 spiro atoms. The van der Waals surface area contributed by atoms with E-state index in [1.807, 2.05) is 11.8 Å². The van der Waals surface area contributed by atoms with E-state index in [-0.39, 0.29) is 35.5 Å². The van der Waals surface area contributed by atoms with Crippen LogP contribution in [0.4, 0.5) is 0 Å². The lowest BCUT2D eigenvalue weighted by Gasteiger charge is -2.56. The number of likely N-dealkylation sites (tertiary alicyclic amines) is 1. The van der Waals surface area contributed by atoms with Gasteiger partial charge in [-0.05, 0) is 32.6 Å². The summed E-state index contributed by atoms with van der Waals surface area (Å²) in [6.07, 6.45) is 9.00. The number of piperidine rings is 1. The Morgan fingerprint density at radius 2 is 1.88 bits per heavy atom. The summed E-state index contributed by atoms with van der Waals surface area (Å²) in [5, 5.41) is 10.3. The molecule has 3 rings (SSSR count). The zero-order chi connectivity index (χ0) is 17.2. The van der Waals surface area contributed by atoms with Crippen LogP contribution in [0.2, 0.25) is 0 Å². The average Bonchev–Trinajstić information content (AvgIpc) is 2.58. The highest BCUT2D eigenvalue weighted by Crippen LogP contribution is 2.51. The van der Waals surface area contributed by atoms with E-state index < -0.39 is 0 Å². The van der Waals surface area contributed by atoms with Gasteiger partial charge in [0.1, 0.15) is 0 Å². The molecule has 1 heterocycles. The Balaban J connectivity index is 1.58. The minimum Gasteiger partial charge on any atom is -0.392 e. The smallest absolute Gasteiger partial charge is 0.227 e. The van der Waals surface area contributed by atoms with E-state index in [9.17, 15) is 9.90 Å². The van der Waals surface area contributed by atoms with Crippen molar-refractivity contribution in [2.45, 2.75) is 83.0 Å². The van der Waals surface area contributed by atoms with Crippen molar-refractivity contribution >= 4 is 5.91 Å². The third-order valence-corrected chi connectivity index (χ3v) is 6.75. The van der Waals surface area contributed by atoms with Gasteiger partial charge in [-0.1, -0.05) is 25.7 Å². The van der Waals surface area contributed by atoms with E-state index in [4.69, 9.17) is 10.5 Å². The Hall–Kier alpha value is -0.650. The molecule has 3 N–H and O–H groups in total. The number of aliphatic hydroxyl groups is 1. The van der Waals surface area contributed by atoms with Crippen LogP contribution in [0.5, 0.6) is 0 Å². The van der Waals surface area contributed by atoms with Crippen LogP contribution in [-0.2, 0) is 9.53 Å². The normalized spacial score (nSPS) is 36.7. The summed E-state index contributed by atoms with van der Waals surface area (Å²) in [5.41, 5.74) is 6.21. The standard InChI is InChI=1S/C19H34N2O3/c1-2-24-17-13-16(22)19(17)9-11-21(12-10-19)18(23)14-7-5-3-4-6-8-15(14)20/h14-17,22H,2-13,20H2,1H3. The zero-order valence-corrected chi connectivity index (χ0v) is 15.1. The fourth-order valence-corrected chi connectivity index (χ4v) is 5.01. The van der Waals surface area contributed by atoms with Gasteiger partial charge >= 0.3 is 0 Å². The average molecular weight is 338 g/mol. The number of ether oxygens (including phenoxy) is 1. The van der Waals surface area contributed by atoms with Crippen LogP contribution in [0, 0.1) is 11.3 Å². The molecule has 0 bridgehead atoms. The molecule has 1 aliphatic heterocycles. The molecule has 2 saturated carbocycles. The van der Waals surface area contributed by atoms with Crippen molar-refractivity contribution in [3.05, 3.63) is 0 Å². The van der Waals surface area contributed by atoms with Gasteiger partial charge in [0.25, 0.3) is 0 Å². The summed E-state index contributed by atoms with van der Waals surface area (Å²) in [6, 6.07) is 0.0131. The number of hydrogen-bond donors (Lipinski definition) is 2. The molecular formula is C19H34N2O3. The Morgan fingerprint density at radius 3 is 2.50 bits per heavy atom. The molecule has 0 aromatic carbocycles. The van der Waals surface area contributed by atoms with Gasteiger partial charge in [0.2, 0.25) is 5.91 Å². The largest absolute Gasteiger partial charge is 0.392 e. The topological polar surface area (TPSA) is 75.8 Å². The first-order valence-electron chi connectivity index (χ1n) is 9.92. The van der Waals surface area contributed by atoms with Crippen molar-refractivity contribution in [1.82, 2.24) is 4.90 Å². The van der Waals surface area contributed by atoms with E-state index in [2.05, 4.69) is 0 Å². The van der Waals surface area contributed by atoms with Crippen LogP contribution < -0.4 is 5.73 Å². The van der Waals surface area contributed by atoms with Gasteiger partial charge in [-0.3, -0.25) is 4.79 Å². The molecule has 3 aliphatic rings. The fourth-order valence-electron chi connectivity index (χ4n) is 5.01. The van der Waals surface area contributed by atoms with Crippen LogP contribution in [0.3, 0.4) is 0 Å². The third kappa shape index (κ3) is 3.35. The van der Waals surface area contributed by atoms with Crippen LogP contribution in [0.25, 0.3) is 0 Å².